The molecule has 0 N–H and O–H groups in total. The van der Waals surface area contributed by atoms with Gasteiger partial charge in [-0.1, -0.05) is 73.7 Å². The molecular weight excluding hydrogens is 430 g/mol. The largest absolute Gasteiger partial charge is 0.284 e. The van der Waals surface area contributed by atoms with Crippen LogP contribution in [0.25, 0.3) is 33.0 Å². The first-order chi connectivity index (χ1) is 17.1. The van der Waals surface area contributed by atoms with Crippen molar-refractivity contribution in [3.8, 4) is 22.3 Å². The lowest BCUT2D eigenvalue weighted by atomic mass is 9.53. The van der Waals surface area contributed by atoms with Crippen molar-refractivity contribution >= 4 is 16.5 Å². The smallest absolute Gasteiger partial charge is 0.258 e. The zero-order valence-corrected chi connectivity index (χ0v) is 20.0. The van der Waals surface area contributed by atoms with E-state index in [4.69, 9.17) is 0 Å². The van der Waals surface area contributed by atoms with Gasteiger partial charge < -0.3 is 0 Å². The fourth-order valence-electron chi connectivity index (χ4n) is 8.07. The first kappa shape index (κ1) is 20.9. The molecule has 0 aromatic heterocycles. The van der Waals surface area contributed by atoms with E-state index in [9.17, 15) is 10.1 Å². The summed E-state index contributed by atoms with van der Waals surface area (Å²) in [4.78, 5) is 12.2. The Hall–Kier alpha value is -3.46. The van der Waals surface area contributed by atoms with Crippen LogP contribution in [0.15, 0.2) is 78.9 Å². The van der Waals surface area contributed by atoms with Gasteiger partial charge in [0, 0.05) is 5.41 Å². The molecule has 0 amide bonds. The second-order valence-corrected chi connectivity index (χ2v) is 11.1. The topological polar surface area (TPSA) is 43.1 Å². The van der Waals surface area contributed by atoms with Crippen molar-refractivity contribution in [2.24, 2.45) is 17.8 Å². The Labute approximate surface area is 206 Å². The molecule has 0 aliphatic heterocycles. The van der Waals surface area contributed by atoms with Crippen LogP contribution in [0.1, 0.15) is 50.2 Å². The molecule has 2 bridgehead atoms. The molecule has 0 saturated heterocycles. The van der Waals surface area contributed by atoms with Crippen LogP contribution in [0, 0.1) is 27.9 Å². The van der Waals surface area contributed by atoms with E-state index in [1.165, 1.54) is 54.4 Å². The molecule has 7 rings (SSSR count). The maximum Gasteiger partial charge on any atom is 0.284 e. The highest BCUT2D eigenvalue weighted by molar-refractivity contribution is 6.02. The molecule has 1 spiro atoms. The third kappa shape index (κ3) is 2.84. The highest BCUT2D eigenvalue weighted by atomic mass is 16.6. The third-order valence-electron chi connectivity index (χ3n) is 9.28. The normalized spacial score (nSPS) is 26.5. The summed E-state index contributed by atoms with van der Waals surface area (Å²) in [7, 11) is 0. The number of nitro benzene ring substituents is 1. The molecule has 3 heteroatoms. The van der Waals surface area contributed by atoms with E-state index in [2.05, 4.69) is 49.4 Å². The van der Waals surface area contributed by atoms with Gasteiger partial charge in [0.2, 0.25) is 0 Å². The fraction of sp³-hybridized carbons (Fsp3) is 0.312. The Morgan fingerprint density at radius 1 is 0.800 bits per heavy atom. The van der Waals surface area contributed by atoms with Crippen molar-refractivity contribution in [2.75, 3.05) is 0 Å². The summed E-state index contributed by atoms with van der Waals surface area (Å²) in [5, 5.41) is 14.0. The van der Waals surface area contributed by atoms with Gasteiger partial charge in [0.25, 0.3) is 5.69 Å². The molecule has 3 aliphatic carbocycles. The number of benzene rings is 4. The maximum absolute atomic E-state index is 12.4. The first-order valence-corrected chi connectivity index (χ1v) is 13.0. The highest BCUT2D eigenvalue weighted by Gasteiger charge is 2.53. The van der Waals surface area contributed by atoms with E-state index >= 15 is 0 Å². The van der Waals surface area contributed by atoms with Gasteiger partial charge in [-0.25, -0.2) is 0 Å². The van der Waals surface area contributed by atoms with E-state index in [1.807, 2.05) is 36.4 Å². The number of nitro groups is 1. The van der Waals surface area contributed by atoms with Crippen molar-refractivity contribution < 1.29 is 4.92 Å². The van der Waals surface area contributed by atoms with Gasteiger partial charge in [0.05, 0.1) is 15.9 Å². The number of rotatable bonds is 2. The molecule has 174 valence electrons. The predicted molar refractivity (Wildman–Crippen MR) is 141 cm³/mol. The first-order valence-electron chi connectivity index (χ1n) is 13.0. The Bertz CT molecular complexity index is 1500. The zero-order chi connectivity index (χ0) is 23.7. The van der Waals surface area contributed by atoms with Crippen LogP contribution < -0.4 is 0 Å². The standard InChI is InChI=1S/C32H29NO2/c1-20-17-21-15-16-32(23(18-20)19-21)28-11-5-4-9-27(28)30-25(10-6-12-29(30)32)26-14-13-22-7-2-3-8-24(22)31(26)33(34)35/h2-14,20-21,23H,15-19H2,1H3. The van der Waals surface area contributed by atoms with E-state index in [1.54, 1.807) is 0 Å². The molecule has 0 heterocycles. The average molecular weight is 460 g/mol. The third-order valence-corrected chi connectivity index (χ3v) is 9.28. The van der Waals surface area contributed by atoms with Crippen LogP contribution in [-0.2, 0) is 5.41 Å². The number of fused-ring (bicyclic) bond motifs is 9. The van der Waals surface area contributed by atoms with Crippen molar-refractivity contribution in [3.05, 3.63) is 100 Å². The molecule has 4 unspecified atom stereocenters. The summed E-state index contributed by atoms with van der Waals surface area (Å²) in [6, 6.07) is 27.1. The lowest BCUT2D eigenvalue weighted by molar-refractivity contribution is -0.382. The van der Waals surface area contributed by atoms with Gasteiger partial charge in [-0.05, 0) is 95.2 Å². The molecule has 2 saturated carbocycles. The second-order valence-electron chi connectivity index (χ2n) is 11.1. The highest BCUT2D eigenvalue weighted by Crippen LogP contribution is 2.63. The molecule has 3 nitrogen and oxygen atoms in total. The summed E-state index contributed by atoms with van der Waals surface area (Å²) in [6.45, 7) is 2.43. The van der Waals surface area contributed by atoms with Crippen LogP contribution in [0.3, 0.4) is 0 Å². The Morgan fingerprint density at radius 3 is 2.46 bits per heavy atom. The van der Waals surface area contributed by atoms with Gasteiger partial charge in [-0.3, -0.25) is 10.1 Å². The fourth-order valence-corrected chi connectivity index (χ4v) is 8.07. The van der Waals surface area contributed by atoms with Crippen molar-refractivity contribution in [3.63, 3.8) is 0 Å². The van der Waals surface area contributed by atoms with Crippen LogP contribution in [0.4, 0.5) is 5.69 Å². The maximum atomic E-state index is 12.4. The minimum Gasteiger partial charge on any atom is -0.258 e. The monoisotopic (exact) mass is 459 g/mol. The van der Waals surface area contributed by atoms with Crippen molar-refractivity contribution in [2.45, 2.75) is 44.4 Å². The van der Waals surface area contributed by atoms with Gasteiger partial charge in [0.15, 0.2) is 0 Å². The molecule has 4 atom stereocenters. The molecule has 3 aliphatic rings. The van der Waals surface area contributed by atoms with Crippen LogP contribution in [0.5, 0.6) is 0 Å². The Morgan fingerprint density at radius 2 is 1.57 bits per heavy atom. The van der Waals surface area contributed by atoms with Crippen LogP contribution >= 0.6 is 0 Å². The summed E-state index contributed by atoms with van der Waals surface area (Å²) in [5.41, 5.74) is 7.30. The van der Waals surface area contributed by atoms with Crippen LogP contribution in [-0.4, -0.2) is 4.92 Å². The Kier molecular flexibility index (Phi) is 4.48. The summed E-state index contributed by atoms with van der Waals surface area (Å²) in [5.74, 6) is 2.24. The number of hydrogen-bond acceptors (Lipinski definition) is 2. The van der Waals surface area contributed by atoms with E-state index in [0.29, 0.717) is 11.3 Å². The van der Waals surface area contributed by atoms with Gasteiger partial charge in [-0.15, -0.1) is 0 Å². The zero-order valence-electron chi connectivity index (χ0n) is 20.0. The van der Waals surface area contributed by atoms with Crippen molar-refractivity contribution in [1.29, 1.82) is 0 Å². The quantitative estimate of drug-likeness (QED) is 0.223. The molecule has 4 aromatic carbocycles. The van der Waals surface area contributed by atoms with E-state index < -0.39 is 0 Å². The van der Waals surface area contributed by atoms with E-state index in [-0.39, 0.29) is 16.0 Å². The van der Waals surface area contributed by atoms with Gasteiger partial charge in [-0.2, -0.15) is 0 Å². The predicted octanol–water partition coefficient (Wildman–Crippen LogP) is 8.53. The summed E-state index contributed by atoms with van der Waals surface area (Å²) >= 11 is 0. The number of hydrogen-bond donors (Lipinski definition) is 0. The lowest BCUT2D eigenvalue weighted by Gasteiger charge is -2.50. The molecule has 0 radical (unpaired) electrons. The molecular formula is C32H29NO2. The molecule has 4 aromatic rings. The van der Waals surface area contributed by atoms with E-state index in [0.717, 1.165) is 28.3 Å². The minimum atomic E-state index is -0.193. The van der Waals surface area contributed by atoms with Crippen LogP contribution in [0.2, 0.25) is 0 Å². The average Bonchev–Trinajstić information content (AvgIpc) is 3.16. The minimum absolute atomic E-state index is 0.0265. The lowest BCUT2D eigenvalue weighted by Crippen LogP contribution is -2.44. The molecule has 2 fully saturated rings. The molecule has 35 heavy (non-hydrogen) atoms. The SMILES string of the molecule is CC1CC2CCC3(c4ccccc4-c4c(-c5ccc6ccccc6c5[N+](=O)[O-])cccc43)C(C1)C2. The summed E-state index contributed by atoms with van der Waals surface area (Å²) in [6.07, 6.45) is 6.39. The van der Waals surface area contributed by atoms with Gasteiger partial charge >= 0.3 is 0 Å². The summed E-state index contributed by atoms with van der Waals surface area (Å²) < 4.78 is 0. The second kappa shape index (κ2) is 7.52. The Balaban J connectivity index is 1.53. The number of nitrogens with zero attached hydrogens (tertiary/aromatic N) is 1. The van der Waals surface area contributed by atoms with Gasteiger partial charge in [0.1, 0.15) is 0 Å². The van der Waals surface area contributed by atoms with Crippen molar-refractivity contribution in [1.82, 2.24) is 0 Å².